The van der Waals surface area contributed by atoms with Gasteiger partial charge >= 0.3 is 0 Å². The van der Waals surface area contributed by atoms with E-state index in [1.165, 1.54) is 0 Å². The molecule has 2 aromatic carbocycles. The van der Waals surface area contributed by atoms with Crippen LogP contribution in [0.4, 0.5) is 5.69 Å². The van der Waals surface area contributed by atoms with E-state index in [-0.39, 0.29) is 18.4 Å². The van der Waals surface area contributed by atoms with Crippen LogP contribution < -0.4 is 14.4 Å². The predicted octanol–water partition coefficient (Wildman–Crippen LogP) is 2.65. The molecule has 1 aliphatic rings. The number of benzene rings is 2. The molecule has 142 valence electrons. The van der Waals surface area contributed by atoms with Gasteiger partial charge in [0.25, 0.3) is 5.91 Å². The first-order valence-electron chi connectivity index (χ1n) is 8.94. The van der Waals surface area contributed by atoms with Crippen LogP contribution >= 0.6 is 0 Å². The Morgan fingerprint density at radius 2 is 1.78 bits per heavy atom. The Hall–Kier alpha value is -3.02. The highest BCUT2D eigenvalue weighted by Crippen LogP contribution is 2.22. The van der Waals surface area contributed by atoms with Gasteiger partial charge in [-0.15, -0.1) is 0 Å². The van der Waals surface area contributed by atoms with E-state index in [1.807, 2.05) is 37.3 Å². The van der Waals surface area contributed by atoms with Gasteiger partial charge in [-0.3, -0.25) is 9.59 Å². The molecule has 0 bridgehead atoms. The molecular formula is C21H24N2O4. The van der Waals surface area contributed by atoms with Crippen LogP contribution in [-0.4, -0.2) is 49.6 Å². The zero-order chi connectivity index (χ0) is 19.4. The molecule has 2 amide bonds. The van der Waals surface area contributed by atoms with Crippen molar-refractivity contribution in [2.75, 3.05) is 31.6 Å². The molecule has 0 spiro atoms. The fourth-order valence-corrected chi connectivity index (χ4v) is 3.05. The molecule has 0 aliphatic carbocycles. The van der Waals surface area contributed by atoms with Gasteiger partial charge in [0, 0.05) is 24.8 Å². The van der Waals surface area contributed by atoms with E-state index >= 15 is 0 Å². The van der Waals surface area contributed by atoms with Gasteiger partial charge in [0.15, 0.2) is 6.10 Å². The van der Waals surface area contributed by atoms with Gasteiger partial charge in [-0.2, -0.15) is 0 Å². The van der Waals surface area contributed by atoms with E-state index in [0.717, 1.165) is 11.3 Å². The van der Waals surface area contributed by atoms with E-state index in [9.17, 15) is 9.59 Å². The summed E-state index contributed by atoms with van der Waals surface area (Å²) in [5.74, 6) is 0.926. The maximum atomic E-state index is 12.7. The van der Waals surface area contributed by atoms with Gasteiger partial charge < -0.3 is 19.3 Å². The average molecular weight is 368 g/mol. The van der Waals surface area contributed by atoms with Crippen molar-refractivity contribution < 1.29 is 19.1 Å². The van der Waals surface area contributed by atoms with Crippen molar-refractivity contribution in [1.82, 2.24) is 4.90 Å². The summed E-state index contributed by atoms with van der Waals surface area (Å²) >= 11 is 0. The fourth-order valence-electron chi connectivity index (χ4n) is 3.05. The number of aryl methyl sites for hydroxylation is 1. The SMILES string of the molecule is COc1cccc(OC(C)C(=O)N2CCN(c3ccc(C)cc3)C(=O)C2)c1. The Kier molecular flexibility index (Phi) is 5.64. The smallest absolute Gasteiger partial charge is 0.263 e. The fraction of sp³-hybridized carbons (Fsp3) is 0.333. The third-order valence-corrected chi connectivity index (χ3v) is 4.58. The van der Waals surface area contributed by atoms with Gasteiger partial charge in [-0.1, -0.05) is 23.8 Å². The summed E-state index contributed by atoms with van der Waals surface area (Å²) in [6, 6.07) is 14.9. The molecule has 1 unspecified atom stereocenters. The number of methoxy groups -OCH3 is 1. The normalized spacial score (nSPS) is 15.4. The molecule has 3 rings (SSSR count). The van der Waals surface area contributed by atoms with Gasteiger partial charge in [0.2, 0.25) is 5.91 Å². The molecule has 27 heavy (non-hydrogen) atoms. The van der Waals surface area contributed by atoms with Crippen molar-refractivity contribution in [3.63, 3.8) is 0 Å². The Morgan fingerprint density at radius 3 is 2.44 bits per heavy atom. The van der Waals surface area contributed by atoms with Crippen LogP contribution in [0.2, 0.25) is 0 Å². The molecule has 2 aromatic rings. The molecule has 0 saturated carbocycles. The van der Waals surface area contributed by atoms with Crippen molar-refractivity contribution in [2.45, 2.75) is 20.0 Å². The standard InChI is InChI=1S/C21H24N2O4/c1-15-7-9-17(10-8-15)23-12-11-22(14-20(23)24)21(25)16(2)27-19-6-4-5-18(13-19)26-3/h4-10,13,16H,11-12,14H2,1-3H3. The van der Waals surface area contributed by atoms with E-state index in [4.69, 9.17) is 9.47 Å². The number of nitrogens with zero attached hydrogens (tertiary/aromatic N) is 2. The number of anilines is 1. The van der Waals surface area contributed by atoms with Crippen LogP contribution in [0.25, 0.3) is 0 Å². The van der Waals surface area contributed by atoms with E-state index in [0.29, 0.717) is 24.6 Å². The number of rotatable bonds is 5. The number of amides is 2. The van der Waals surface area contributed by atoms with Crippen LogP contribution in [0.15, 0.2) is 48.5 Å². The number of carbonyl (C=O) groups is 2. The Labute approximate surface area is 159 Å². The molecule has 1 fully saturated rings. The number of piperazine rings is 1. The Bertz CT molecular complexity index is 819. The number of ether oxygens (including phenoxy) is 2. The van der Waals surface area contributed by atoms with Crippen molar-refractivity contribution in [3.8, 4) is 11.5 Å². The monoisotopic (exact) mass is 368 g/mol. The summed E-state index contributed by atoms with van der Waals surface area (Å²) in [5, 5.41) is 0. The lowest BCUT2D eigenvalue weighted by Crippen LogP contribution is -2.54. The molecule has 0 aromatic heterocycles. The second-order valence-corrected chi connectivity index (χ2v) is 6.58. The third kappa shape index (κ3) is 4.39. The third-order valence-electron chi connectivity index (χ3n) is 4.58. The van der Waals surface area contributed by atoms with Crippen molar-refractivity contribution in [1.29, 1.82) is 0 Å². The highest BCUT2D eigenvalue weighted by molar-refractivity contribution is 5.98. The van der Waals surface area contributed by atoms with Crippen LogP contribution in [-0.2, 0) is 9.59 Å². The number of carbonyl (C=O) groups excluding carboxylic acids is 2. The minimum atomic E-state index is -0.684. The first kappa shape index (κ1) is 18.8. The predicted molar refractivity (Wildman–Crippen MR) is 103 cm³/mol. The van der Waals surface area contributed by atoms with Crippen LogP contribution in [0.1, 0.15) is 12.5 Å². The largest absolute Gasteiger partial charge is 0.497 e. The highest BCUT2D eigenvalue weighted by Gasteiger charge is 2.31. The maximum absolute atomic E-state index is 12.7. The van der Waals surface area contributed by atoms with E-state index in [1.54, 1.807) is 42.0 Å². The average Bonchev–Trinajstić information content (AvgIpc) is 2.68. The lowest BCUT2D eigenvalue weighted by atomic mass is 10.2. The zero-order valence-electron chi connectivity index (χ0n) is 15.8. The zero-order valence-corrected chi connectivity index (χ0v) is 15.8. The van der Waals surface area contributed by atoms with Crippen molar-refractivity contribution in [2.24, 2.45) is 0 Å². The number of hydrogen-bond donors (Lipinski definition) is 0. The second kappa shape index (κ2) is 8.12. The molecule has 1 atom stereocenters. The second-order valence-electron chi connectivity index (χ2n) is 6.58. The minimum absolute atomic E-state index is 0.0541. The molecule has 6 nitrogen and oxygen atoms in total. The lowest BCUT2D eigenvalue weighted by Gasteiger charge is -2.35. The van der Waals surface area contributed by atoms with Gasteiger partial charge in [-0.25, -0.2) is 0 Å². The van der Waals surface area contributed by atoms with Crippen molar-refractivity contribution >= 4 is 17.5 Å². The quantitative estimate of drug-likeness (QED) is 0.814. The summed E-state index contributed by atoms with van der Waals surface area (Å²) in [6.45, 7) is 4.70. The Morgan fingerprint density at radius 1 is 1.07 bits per heavy atom. The summed E-state index contributed by atoms with van der Waals surface area (Å²) in [6.07, 6.45) is -0.684. The molecule has 6 heteroatoms. The molecule has 0 N–H and O–H groups in total. The van der Waals surface area contributed by atoms with Crippen LogP contribution in [0, 0.1) is 6.92 Å². The summed E-state index contributed by atoms with van der Waals surface area (Å²) in [7, 11) is 1.58. The molecular weight excluding hydrogens is 344 g/mol. The van der Waals surface area contributed by atoms with Gasteiger partial charge in [0.1, 0.15) is 18.0 Å². The van der Waals surface area contributed by atoms with Gasteiger partial charge in [0.05, 0.1) is 7.11 Å². The van der Waals surface area contributed by atoms with E-state index in [2.05, 4.69) is 0 Å². The minimum Gasteiger partial charge on any atom is -0.497 e. The Balaban J connectivity index is 1.61. The molecule has 1 heterocycles. The van der Waals surface area contributed by atoms with Gasteiger partial charge in [-0.05, 0) is 38.1 Å². The maximum Gasteiger partial charge on any atom is 0.263 e. The topological polar surface area (TPSA) is 59.1 Å². The lowest BCUT2D eigenvalue weighted by molar-refractivity contribution is -0.142. The van der Waals surface area contributed by atoms with Crippen LogP contribution in [0.5, 0.6) is 11.5 Å². The molecule has 0 radical (unpaired) electrons. The number of hydrogen-bond acceptors (Lipinski definition) is 4. The molecule has 1 aliphatic heterocycles. The highest BCUT2D eigenvalue weighted by atomic mass is 16.5. The summed E-state index contributed by atoms with van der Waals surface area (Å²) in [5.41, 5.74) is 2.00. The van der Waals surface area contributed by atoms with E-state index < -0.39 is 6.10 Å². The first-order chi connectivity index (χ1) is 13.0. The molecule has 1 saturated heterocycles. The first-order valence-corrected chi connectivity index (χ1v) is 8.94. The summed E-state index contributed by atoms with van der Waals surface area (Å²) in [4.78, 5) is 28.5. The van der Waals surface area contributed by atoms with Crippen LogP contribution in [0.3, 0.4) is 0 Å². The van der Waals surface area contributed by atoms with Crippen molar-refractivity contribution in [3.05, 3.63) is 54.1 Å². The summed E-state index contributed by atoms with van der Waals surface area (Å²) < 4.78 is 10.9.